The van der Waals surface area contributed by atoms with E-state index in [4.69, 9.17) is 14.6 Å². The lowest BCUT2D eigenvalue weighted by atomic mass is 10.2. The highest BCUT2D eigenvalue weighted by Crippen LogP contribution is 1.97. The predicted molar refractivity (Wildman–Crippen MR) is 70.2 cm³/mol. The van der Waals surface area contributed by atoms with Crippen LogP contribution < -0.4 is 10.6 Å². The largest absolute Gasteiger partial charge is 0.481 e. The molecular formula is C12H24N2O5. The van der Waals surface area contributed by atoms with Crippen LogP contribution in [0, 0.1) is 0 Å². The van der Waals surface area contributed by atoms with E-state index in [9.17, 15) is 9.59 Å². The maximum Gasteiger partial charge on any atom is 0.314 e. The Bertz CT molecular complexity index is 273. The molecule has 3 N–H and O–H groups in total. The van der Waals surface area contributed by atoms with E-state index < -0.39 is 12.1 Å². The molecule has 2 amide bonds. The van der Waals surface area contributed by atoms with Crippen LogP contribution in [0.4, 0.5) is 4.79 Å². The topological polar surface area (TPSA) is 96.9 Å². The number of carbonyl (C=O) groups excluding carboxylic acids is 1. The van der Waals surface area contributed by atoms with Crippen molar-refractivity contribution >= 4 is 12.0 Å². The Morgan fingerprint density at radius 2 is 1.68 bits per heavy atom. The van der Waals surface area contributed by atoms with Crippen LogP contribution in [0.1, 0.15) is 27.2 Å². The number of hydrogen-bond acceptors (Lipinski definition) is 4. The summed E-state index contributed by atoms with van der Waals surface area (Å²) in [6.07, 6.45) is -0.710. The van der Waals surface area contributed by atoms with E-state index in [1.807, 2.05) is 13.8 Å². The Kier molecular flexibility index (Phi) is 9.82. The molecule has 0 aromatic heterocycles. The highest BCUT2D eigenvalue weighted by atomic mass is 16.5. The fourth-order valence-corrected chi connectivity index (χ4v) is 1.47. The molecule has 0 aromatic rings. The number of carboxylic acid groups (broad SMARTS) is 1. The van der Waals surface area contributed by atoms with Crippen LogP contribution >= 0.6 is 0 Å². The minimum atomic E-state index is -0.953. The Morgan fingerprint density at radius 3 is 2.21 bits per heavy atom. The number of urea groups is 1. The van der Waals surface area contributed by atoms with E-state index in [-0.39, 0.29) is 25.1 Å². The second-order valence-electron chi connectivity index (χ2n) is 4.03. The molecule has 0 radical (unpaired) electrons. The maximum atomic E-state index is 11.5. The van der Waals surface area contributed by atoms with Crippen LogP contribution in [0.5, 0.6) is 0 Å². The van der Waals surface area contributed by atoms with Gasteiger partial charge in [0.2, 0.25) is 0 Å². The van der Waals surface area contributed by atoms with Crippen LogP contribution in [-0.4, -0.2) is 55.6 Å². The molecule has 0 aliphatic rings. The minimum absolute atomic E-state index is 0.0579. The summed E-state index contributed by atoms with van der Waals surface area (Å²) in [5, 5.41) is 13.9. The van der Waals surface area contributed by atoms with Gasteiger partial charge in [-0.1, -0.05) is 0 Å². The van der Waals surface area contributed by atoms with Gasteiger partial charge in [-0.25, -0.2) is 4.79 Å². The van der Waals surface area contributed by atoms with Gasteiger partial charge < -0.3 is 25.2 Å². The van der Waals surface area contributed by atoms with Crippen LogP contribution in [-0.2, 0) is 14.3 Å². The number of ether oxygens (including phenoxy) is 2. The number of rotatable bonds is 10. The second kappa shape index (κ2) is 10.6. The molecule has 7 nitrogen and oxygen atoms in total. The third-order valence-electron chi connectivity index (χ3n) is 2.30. The fourth-order valence-electron chi connectivity index (χ4n) is 1.47. The normalized spacial score (nSPS) is 13.6. The van der Waals surface area contributed by atoms with Crippen molar-refractivity contribution in [3.63, 3.8) is 0 Å². The Balaban J connectivity index is 3.87. The van der Waals surface area contributed by atoms with Crippen molar-refractivity contribution in [1.82, 2.24) is 10.6 Å². The molecule has 0 aliphatic heterocycles. The predicted octanol–water partition coefficient (Wildman–Crippen LogP) is 0.590. The van der Waals surface area contributed by atoms with Gasteiger partial charge in [0.05, 0.1) is 18.6 Å². The lowest BCUT2D eigenvalue weighted by molar-refractivity contribution is -0.140. The summed E-state index contributed by atoms with van der Waals surface area (Å²) in [7, 11) is 0. The second-order valence-corrected chi connectivity index (χ2v) is 4.03. The number of carboxylic acids is 1. The summed E-state index contributed by atoms with van der Waals surface area (Å²) in [5.41, 5.74) is 0. The van der Waals surface area contributed by atoms with Gasteiger partial charge in [0, 0.05) is 26.3 Å². The van der Waals surface area contributed by atoms with Crippen molar-refractivity contribution in [2.45, 2.75) is 39.4 Å². The van der Waals surface area contributed by atoms with E-state index in [0.717, 1.165) is 0 Å². The van der Waals surface area contributed by atoms with Crippen LogP contribution in [0.25, 0.3) is 0 Å². The van der Waals surface area contributed by atoms with Gasteiger partial charge in [-0.2, -0.15) is 0 Å². The van der Waals surface area contributed by atoms with Crippen LogP contribution in [0.3, 0.4) is 0 Å². The molecule has 0 saturated carbocycles. The SMILES string of the molecule is CCOC(C)CNC(=O)NCC(CC(=O)O)OCC. The van der Waals surface area contributed by atoms with Crippen molar-refractivity contribution < 1.29 is 24.2 Å². The van der Waals surface area contributed by atoms with E-state index in [2.05, 4.69) is 10.6 Å². The zero-order chi connectivity index (χ0) is 14.7. The molecule has 0 aromatic carbocycles. The molecule has 0 aliphatic carbocycles. The van der Waals surface area contributed by atoms with Gasteiger partial charge in [-0.15, -0.1) is 0 Å². The smallest absolute Gasteiger partial charge is 0.314 e. The van der Waals surface area contributed by atoms with Gasteiger partial charge in [0.25, 0.3) is 0 Å². The number of nitrogens with one attached hydrogen (secondary N) is 2. The van der Waals surface area contributed by atoms with Crippen LogP contribution in [0.2, 0.25) is 0 Å². The van der Waals surface area contributed by atoms with E-state index in [1.54, 1.807) is 6.92 Å². The summed E-state index contributed by atoms with van der Waals surface area (Å²) in [4.78, 5) is 22.1. The van der Waals surface area contributed by atoms with Gasteiger partial charge in [-0.3, -0.25) is 4.79 Å². The van der Waals surface area contributed by atoms with E-state index >= 15 is 0 Å². The molecule has 7 heteroatoms. The summed E-state index contributed by atoms with van der Waals surface area (Å²) in [5.74, 6) is -0.953. The average molecular weight is 276 g/mol. The molecular weight excluding hydrogens is 252 g/mol. The zero-order valence-corrected chi connectivity index (χ0v) is 11.8. The third-order valence-corrected chi connectivity index (χ3v) is 2.30. The summed E-state index contributed by atoms with van der Waals surface area (Å²) in [6.45, 7) is 7.08. The first kappa shape index (κ1) is 17.7. The van der Waals surface area contributed by atoms with E-state index in [0.29, 0.717) is 19.8 Å². The van der Waals surface area contributed by atoms with Crippen molar-refractivity contribution in [3.8, 4) is 0 Å². The quantitative estimate of drug-likeness (QED) is 0.542. The maximum absolute atomic E-state index is 11.5. The zero-order valence-electron chi connectivity index (χ0n) is 11.8. The highest BCUT2D eigenvalue weighted by molar-refractivity contribution is 5.74. The molecule has 2 atom stereocenters. The summed E-state index contributed by atoms with van der Waals surface area (Å²) in [6, 6.07) is -0.360. The summed E-state index contributed by atoms with van der Waals surface area (Å²) < 4.78 is 10.5. The molecule has 2 unspecified atom stereocenters. The number of aliphatic carboxylic acids is 1. The van der Waals surface area contributed by atoms with Crippen molar-refractivity contribution in [3.05, 3.63) is 0 Å². The lowest BCUT2D eigenvalue weighted by Gasteiger charge is -2.17. The highest BCUT2D eigenvalue weighted by Gasteiger charge is 2.14. The first-order valence-electron chi connectivity index (χ1n) is 6.46. The molecule has 0 spiro atoms. The monoisotopic (exact) mass is 276 g/mol. The third kappa shape index (κ3) is 10.3. The van der Waals surface area contributed by atoms with Gasteiger partial charge in [0.15, 0.2) is 0 Å². The Labute approximate surface area is 113 Å². The van der Waals surface area contributed by atoms with Crippen molar-refractivity contribution in [2.24, 2.45) is 0 Å². The van der Waals surface area contributed by atoms with E-state index in [1.165, 1.54) is 0 Å². The summed E-state index contributed by atoms with van der Waals surface area (Å²) >= 11 is 0. The fraction of sp³-hybridized carbons (Fsp3) is 0.833. The number of carbonyl (C=O) groups is 2. The molecule has 0 saturated heterocycles. The van der Waals surface area contributed by atoms with Gasteiger partial charge in [-0.05, 0) is 20.8 Å². The minimum Gasteiger partial charge on any atom is -0.481 e. The molecule has 0 rings (SSSR count). The molecule has 0 heterocycles. The number of hydrogen-bond donors (Lipinski definition) is 3. The lowest BCUT2D eigenvalue weighted by Crippen LogP contribution is -2.43. The molecule has 0 bridgehead atoms. The first-order chi connectivity index (χ1) is 8.99. The Hall–Kier alpha value is -1.34. The van der Waals surface area contributed by atoms with Gasteiger partial charge in [0.1, 0.15) is 0 Å². The first-order valence-corrected chi connectivity index (χ1v) is 6.46. The van der Waals surface area contributed by atoms with Crippen LogP contribution in [0.15, 0.2) is 0 Å². The molecule has 0 fully saturated rings. The van der Waals surface area contributed by atoms with Crippen molar-refractivity contribution in [1.29, 1.82) is 0 Å². The molecule has 112 valence electrons. The number of amides is 2. The Morgan fingerprint density at radius 1 is 1.11 bits per heavy atom. The molecule has 19 heavy (non-hydrogen) atoms. The average Bonchev–Trinajstić information content (AvgIpc) is 2.33. The standard InChI is InChI=1S/C12H24N2O5/c1-4-18-9(3)7-13-12(17)14-8-10(19-5-2)6-11(15)16/h9-10H,4-8H2,1-3H3,(H,15,16)(H2,13,14,17). The van der Waals surface area contributed by atoms with Crippen molar-refractivity contribution in [2.75, 3.05) is 26.3 Å². The van der Waals surface area contributed by atoms with Gasteiger partial charge >= 0.3 is 12.0 Å².